The van der Waals surface area contributed by atoms with Gasteiger partial charge in [0.2, 0.25) is 5.75 Å². The van der Waals surface area contributed by atoms with E-state index in [0.29, 0.717) is 5.69 Å². The molecule has 0 fully saturated rings. The van der Waals surface area contributed by atoms with Crippen molar-refractivity contribution in [3.05, 3.63) is 27.3 Å². The van der Waals surface area contributed by atoms with E-state index in [2.05, 4.69) is 5.32 Å². The number of amides is 1. The summed E-state index contributed by atoms with van der Waals surface area (Å²) in [4.78, 5) is 23.8. The van der Waals surface area contributed by atoms with Crippen molar-refractivity contribution in [2.45, 2.75) is 26.3 Å². The SMILES string of the molecule is CN(C)c1cc(OC(=O)NC(C)(C)C)c([N+](=O)[O-])cc1Cl. The zero-order valence-corrected chi connectivity index (χ0v) is 13.3. The van der Waals surface area contributed by atoms with Crippen LogP contribution in [0.15, 0.2) is 12.1 Å². The molecule has 7 nitrogen and oxygen atoms in total. The largest absolute Gasteiger partial charge is 0.413 e. The van der Waals surface area contributed by atoms with Crippen molar-refractivity contribution >= 4 is 29.1 Å². The second-order valence-electron chi connectivity index (χ2n) is 5.69. The summed E-state index contributed by atoms with van der Waals surface area (Å²) in [6.45, 7) is 5.32. The predicted molar refractivity (Wildman–Crippen MR) is 81.3 cm³/mol. The first-order valence-corrected chi connectivity index (χ1v) is 6.54. The van der Waals surface area contributed by atoms with E-state index in [0.717, 1.165) is 6.07 Å². The highest BCUT2D eigenvalue weighted by Crippen LogP contribution is 2.37. The molecule has 1 amide bonds. The summed E-state index contributed by atoms with van der Waals surface area (Å²) < 4.78 is 5.05. The first-order chi connectivity index (χ1) is 9.51. The molecule has 1 aromatic rings. The molecule has 0 radical (unpaired) electrons. The van der Waals surface area contributed by atoms with E-state index in [1.807, 2.05) is 0 Å². The molecular weight excluding hydrogens is 298 g/mol. The normalized spacial score (nSPS) is 11.0. The van der Waals surface area contributed by atoms with Crippen LogP contribution >= 0.6 is 11.6 Å². The number of nitro benzene ring substituents is 1. The van der Waals surface area contributed by atoms with E-state index in [1.165, 1.54) is 6.07 Å². The summed E-state index contributed by atoms with van der Waals surface area (Å²) in [6, 6.07) is 2.53. The number of halogens is 1. The van der Waals surface area contributed by atoms with Gasteiger partial charge in [-0.15, -0.1) is 0 Å². The fourth-order valence-corrected chi connectivity index (χ4v) is 1.86. The summed E-state index contributed by atoms with van der Waals surface area (Å²) >= 11 is 5.98. The van der Waals surface area contributed by atoms with Crippen molar-refractivity contribution in [3.8, 4) is 5.75 Å². The van der Waals surface area contributed by atoms with E-state index in [4.69, 9.17) is 16.3 Å². The van der Waals surface area contributed by atoms with Gasteiger partial charge in [0.05, 0.1) is 15.6 Å². The van der Waals surface area contributed by atoms with Gasteiger partial charge < -0.3 is 15.0 Å². The number of carbonyl (C=O) groups is 1. The Balaban J connectivity index is 3.17. The zero-order valence-electron chi connectivity index (χ0n) is 12.6. The molecule has 0 aliphatic carbocycles. The van der Waals surface area contributed by atoms with Gasteiger partial charge in [-0.05, 0) is 20.8 Å². The van der Waals surface area contributed by atoms with Gasteiger partial charge in [0.15, 0.2) is 0 Å². The Labute approximate surface area is 128 Å². The van der Waals surface area contributed by atoms with E-state index in [9.17, 15) is 14.9 Å². The number of nitrogens with one attached hydrogen (secondary N) is 1. The number of anilines is 1. The minimum atomic E-state index is -0.766. The van der Waals surface area contributed by atoms with E-state index in [1.54, 1.807) is 39.8 Å². The lowest BCUT2D eigenvalue weighted by Gasteiger charge is -2.20. The van der Waals surface area contributed by atoms with Crippen molar-refractivity contribution in [2.75, 3.05) is 19.0 Å². The lowest BCUT2D eigenvalue weighted by atomic mass is 10.1. The Kier molecular flexibility index (Phi) is 5.01. The van der Waals surface area contributed by atoms with Crippen molar-refractivity contribution in [2.24, 2.45) is 0 Å². The molecule has 0 unspecified atom stereocenters. The smallest absolute Gasteiger partial charge is 0.403 e. The van der Waals surface area contributed by atoms with Crippen LogP contribution in [0.25, 0.3) is 0 Å². The average molecular weight is 316 g/mol. The van der Waals surface area contributed by atoms with E-state index in [-0.39, 0.29) is 16.5 Å². The minimum absolute atomic E-state index is 0.158. The molecular formula is C13H18ClN3O4. The standard InChI is InChI=1S/C13H18ClN3O4/c1-13(2,3)15-12(18)21-11-7-9(16(4)5)8(14)6-10(11)17(19)20/h6-7H,1-5H3,(H,15,18). The van der Waals surface area contributed by atoms with E-state index >= 15 is 0 Å². The number of ether oxygens (including phenoxy) is 1. The third kappa shape index (κ3) is 4.78. The van der Waals surface area contributed by atoms with Crippen LogP contribution in [0.2, 0.25) is 5.02 Å². The number of benzene rings is 1. The molecule has 0 aliphatic heterocycles. The maximum Gasteiger partial charge on any atom is 0.413 e. The minimum Gasteiger partial charge on any atom is -0.403 e. The van der Waals surface area contributed by atoms with Gasteiger partial charge in [-0.3, -0.25) is 10.1 Å². The lowest BCUT2D eigenvalue weighted by Crippen LogP contribution is -2.42. The molecule has 0 atom stereocenters. The fourth-order valence-electron chi connectivity index (χ4n) is 1.53. The molecule has 0 spiro atoms. The van der Waals surface area contributed by atoms with Crippen LogP contribution in [0.4, 0.5) is 16.2 Å². The van der Waals surface area contributed by atoms with Crippen LogP contribution < -0.4 is 15.0 Å². The summed E-state index contributed by atoms with van der Waals surface area (Å²) in [5.74, 6) is -0.158. The summed E-state index contributed by atoms with van der Waals surface area (Å²) in [7, 11) is 3.46. The van der Waals surface area contributed by atoms with E-state index < -0.39 is 16.6 Å². The molecule has 0 aliphatic rings. The Bertz CT molecular complexity index is 567. The number of hydrogen-bond donors (Lipinski definition) is 1. The van der Waals surface area contributed by atoms with Gasteiger partial charge in [0, 0.05) is 31.8 Å². The van der Waals surface area contributed by atoms with Gasteiger partial charge in [0.25, 0.3) is 0 Å². The summed E-state index contributed by atoms with van der Waals surface area (Å²) in [5.41, 5.74) is -0.363. The van der Waals surface area contributed by atoms with Crippen molar-refractivity contribution in [1.82, 2.24) is 5.32 Å². The maximum absolute atomic E-state index is 11.8. The fraction of sp³-hybridized carbons (Fsp3) is 0.462. The second-order valence-corrected chi connectivity index (χ2v) is 6.09. The Hall–Kier alpha value is -2.02. The topological polar surface area (TPSA) is 84.7 Å². The molecule has 116 valence electrons. The monoisotopic (exact) mass is 315 g/mol. The molecule has 0 heterocycles. The first-order valence-electron chi connectivity index (χ1n) is 6.16. The second kappa shape index (κ2) is 6.17. The summed E-state index contributed by atoms with van der Waals surface area (Å²) in [6.07, 6.45) is -0.766. The van der Waals surface area contributed by atoms with Crippen LogP contribution in [-0.2, 0) is 0 Å². The number of rotatable bonds is 3. The lowest BCUT2D eigenvalue weighted by molar-refractivity contribution is -0.385. The third-order valence-corrected chi connectivity index (χ3v) is 2.69. The van der Waals surface area contributed by atoms with Gasteiger partial charge in [-0.1, -0.05) is 11.6 Å². The molecule has 0 bridgehead atoms. The molecule has 0 saturated carbocycles. The average Bonchev–Trinajstić information content (AvgIpc) is 2.27. The highest BCUT2D eigenvalue weighted by molar-refractivity contribution is 6.33. The van der Waals surface area contributed by atoms with Crippen LogP contribution in [-0.4, -0.2) is 30.7 Å². The number of carbonyl (C=O) groups excluding carboxylic acids is 1. The third-order valence-electron chi connectivity index (χ3n) is 2.39. The summed E-state index contributed by atoms with van der Waals surface area (Å²) in [5, 5.41) is 13.8. The Morgan fingerprint density at radius 1 is 1.38 bits per heavy atom. The zero-order chi connectivity index (χ0) is 16.4. The molecule has 0 aromatic heterocycles. The van der Waals surface area contributed by atoms with Gasteiger partial charge in [-0.2, -0.15) is 0 Å². The van der Waals surface area contributed by atoms with Crippen LogP contribution in [0.5, 0.6) is 5.75 Å². The molecule has 8 heteroatoms. The maximum atomic E-state index is 11.8. The predicted octanol–water partition coefficient (Wildman–Crippen LogP) is 3.20. The van der Waals surface area contributed by atoms with Gasteiger partial charge in [-0.25, -0.2) is 4.79 Å². The van der Waals surface area contributed by atoms with Crippen molar-refractivity contribution < 1.29 is 14.5 Å². The highest BCUT2D eigenvalue weighted by Gasteiger charge is 2.23. The van der Waals surface area contributed by atoms with Gasteiger partial charge in [0.1, 0.15) is 0 Å². The Morgan fingerprint density at radius 3 is 2.38 bits per heavy atom. The van der Waals surface area contributed by atoms with Crippen LogP contribution in [0.1, 0.15) is 20.8 Å². The number of hydrogen-bond acceptors (Lipinski definition) is 5. The molecule has 1 aromatic carbocycles. The van der Waals surface area contributed by atoms with Crippen LogP contribution in [0.3, 0.4) is 0 Å². The number of nitrogens with zero attached hydrogens (tertiary/aromatic N) is 2. The number of nitro groups is 1. The molecule has 1 rings (SSSR count). The van der Waals surface area contributed by atoms with Crippen LogP contribution in [0, 0.1) is 10.1 Å². The van der Waals surface area contributed by atoms with Crippen molar-refractivity contribution in [1.29, 1.82) is 0 Å². The first kappa shape index (κ1) is 17.0. The molecule has 1 N–H and O–H groups in total. The quantitative estimate of drug-likeness (QED) is 0.684. The van der Waals surface area contributed by atoms with Crippen molar-refractivity contribution in [3.63, 3.8) is 0 Å². The molecule has 21 heavy (non-hydrogen) atoms. The Morgan fingerprint density at radius 2 is 1.95 bits per heavy atom. The highest BCUT2D eigenvalue weighted by atomic mass is 35.5. The van der Waals surface area contributed by atoms with Gasteiger partial charge >= 0.3 is 11.8 Å². The molecule has 0 saturated heterocycles.